The van der Waals surface area contributed by atoms with Gasteiger partial charge < -0.3 is 23.4 Å². The molecular formula is C25H18O7. The van der Waals surface area contributed by atoms with E-state index in [0.29, 0.717) is 34.0 Å². The number of hydrogen-bond donors (Lipinski definition) is 0. The van der Waals surface area contributed by atoms with E-state index in [0.717, 1.165) is 16.5 Å². The van der Waals surface area contributed by atoms with Crippen molar-refractivity contribution in [3.8, 4) is 34.1 Å². The van der Waals surface area contributed by atoms with E-state index in [1.54, 1.807) is 49.6 Å². The first-order valence-electron chi connectivity index (χ1n) is 9.87. The molecule has 0 saturated heterocycles. The molecule has 0 fully saturated rings. The first-order chi connectivity index (χ1) is 15.5. The van der Waals surface area contributed by atoms with Crippen molar-refractivity contribution < 1.29 is 28.2 Å². The van der Waals surface area contributed by atoms with Crippen molar-refractivity contribution in [2.45, 2.75) is 6.92 Å². The van der Waals surface area contributed by atoms with Crippen molar-refractivity contribution in [3.63, 3.8) is 0 Å². The molecule has 0 unspecified atom stereocenters. The lowest BCUT2D eigenvalue weighted by Gasteiger charge is -2.10. The summed E-state index contributed by atoms with van der Waals surface area (Å²) in [7, 11) is 1.58. The lowest BCUT2D eigenvalue weighted by molar-refractivity contribution is 0.0734. The maximum absolute atomic E-state index is 12.7. The van der Waals surface area contributed by atoms with Gasteiger partial charge in [-0.1, -0.05) is 12.1 Å². The highest BCUT2D eigenvalue weighted by Gasteiger charge is 2.19. The Morgan fingerprint density at radius 1 is 0.906 bits per heavy atom. The average molecular weight is 430 g/mol. The van der Waals surface area contributed by atoms with Crippen LogP contribution in [0.3, 0.4) is 0 Å². The summed E-state index contributed by atoms with van der Waals surface area (Å²) >= 11 is 0. The first kappa shape index (κ1) is 19.7. The Labute approximate surface area is 182 Å². The van der Waals surface area contributed by atoms with Gasteiger partial charge in [0.15, 0.2) is 11.5 Å². The molecule has 0 radical (unpaired) electrons. The average Bonchev–Trinajstić information content (AvgIpc) is 3.27. The highest BCUT2D eigenvalue weighted by molar-refractivity contribution is 5.93. The van der Waals surface area contributed by atoms with Gasteiger partial charge in [0.05, 0.1) is 18.2 Å². The molecule has 0 atom stereocenters. The zero-order valence-electron chi connectivity index (χ0n) is 17.3. The number of carbonyl (C=O) groups excluding carboxylic acids is 1. The van der Waals surface area contributed by atoms with Crippen LogP contribution in [0, 0.1) is 6.92 Å². The summed E-state index contributed by atoms with van der Waals surface area (Å²) in [5.41, 5.74) is 2.17. The molecule has 1 aromatic heterocycles. The Bertz CT molecular complexity index is 1400. The Kier molecular flexibility index (Phi) is 4.78. The van der Waals surface area contributed by atoms with Gasteiger partial charge in [-0.15, -0.1) is 0 Å². The predicted molar refractivity (Wildman–Crippen MR) is 117 cm³/mol. The van der Waals surface area contributed by atoms with Gasteiger partial charge in [0.1, 0.15) is 17.1 Å². The van der Waals surface area contributed by atoms with E-state index in [-0.39, 0.29) is 12.5 Å². The number of fused-ring (bicyclic) bond motifs is 2. The summed E-state index contributed by atoms with van der Waals surface area (Å²) in [6.07, 6.45) is 0. The van der Waals surface area contributed by atoms with E-state index in [2.05, 4.69) is 0 Å². The Hall–Kier alpha value is -4.26. The monoisotopic (exact) mass is 430 g/mol. The smallest absolute Gasteiger partial charge is 0.344 e. The molecule has 0 saturated carbocycles. The Balaban J connectivity index is 1.46. The number of aryl methyl sites for hydroxylation is 1. The Morgan fingerprint density at radius 2 is 1.66 bits per heavy atom. The third-order valence-corrected chi connectivity index (χ3v) is 5.34. The van der Waals surface area contributed by atoms with Crippen LogP contribution in [0.2, 0.25) is 0 Å². The molecule has 0 N–H and O–H groups in total. The summed E-state index contributed by atoms with van der Waals surface area (Å²) < 4.78 is 26.8. The zero-order valence-corrected chi connectivity index (χ0v) is 17.3. The van der Waals surface area contributed by atoms with Gasteiger partial charge in [0, 0.05) is 11.5 Å². The minimum absolute atomic E-state index is 0.120. The van der Waals surface area contributed by atoms with Crippen LogP contribution >= 0.6 is 0 Å². The first-order valence-corrected chi connectivity index (χ1v) is 9.87. The number of esters is 1. The van der Waals surface area contributed by atoms with E-state index in [9.17, 15) is 9.59 Å². The molecule has 1 aliphatic rings. The van der Waals surface area contributed by atoms with Gasteiger partial charge in [0.25, 0.3) is 0 Å². The maximum Gasteiger partial charge on any atom is 0.344 e. The van der Waals surface area contributed by atoms with E-state index < -0.39 is 11.6 Å². The van der Waals surface area contributed by atoms with Crippen LogP contribution < -0.4 is 24.6 Å². The molecular weight excluding hydrogens is 412 g/mol. The van der Waals surface area contributed by atoms with Crippen molar-refractivity contribution in [3.05, 3.63) is 82.2 Å². The summed E-state index contributed by atoms with van der Waals surface area (Å²) in [4.78, 5) is 25.3. The number of methoxy groups -OCH3 is 1. The second kappa shape index (κ2) is 7.77. The fourth-order valence-corrected chi connectivity index (χ4v) is 3.68. The van der Waals surface area contributed by atoms with Crippen molar-refractivity contribution in [2.75, 3.05) is 13.9 Å². The van der Waals surface area contributed by atoms with E-state index in [1.807, 2.05) is 19.1 Å². The zero-order chi connectivity index (χ0) is 22.2. The highest BCUT2D eigenvalue weighted by Crippen LogP contribution is 2.33. The van der Waals surface area contributed by atoms with Gasteiger partial charge in [-0.2, -0.15) is 0 Å². The minimum Gasteiger partial charge on any atom is -0.497 e. The molecule has 160 valence electrons. The van der Waals surface area contributed by atoms with Gasteiger partial charge in [0.2, 0.25) is 6.79 Å². The fraction of sp³-hybridized carbons (Fsp3) is 0.120. The van der Waals surface area contributed by atoms with Crippen LogP contribution in [-0.4, -0.2) is 19.9 Å². The second-order valence-electron chi connectivity index (χ2n) is 7.23. The summed E-state index contributed by atoms with van der Waals surface area (Å²) in [6.45, 7) is 1.98. The van der Waals surface area contributed by atoms with Gasteiger partial charge in [-0.05, 0) is 60.5 Å². The van der Waals surface area contributed by atoms with Gasteiger partial charge >= 0.3 is 11.6 Å². The molecule has 7 nitrogen and oxygen atoms in total. The van der Waals surface area contributed by atoms with E-state index in [4.69, 9.17) is 23.4 Å². The Morgan fingerprint density at radius 3 is 2.44 bits per heavy atom. The third kappa shape index (κ3) is 3.43. The molecule has 7 heteroatoms. The van der Waals surface area contributed by atoms with Crippen molar-refractivity contribution in [1.82, 2.24) is 0 Å². The third-order valence-electron chi connectivity index (χ3n) is 5.34. The number of carbonyl (C=O) groups is 1. The molecule has 1 aliphatic heterocycles. The summed E-state index contributed by atoms with van der Waals surface area (Å²) in [6, 6.07) is 17.0. The second-order valence-corrected chi connectivity index (χ2v) is 7.23. The van der Waals surface area contributed by atoms with Crippen LogP contribution in [0.4, 0.5) is 0 Å². The fourth-order valence-electron chi connectivity index (χ4n) is 3.68. The molecule has 0 amide bonds. The van der Waals surface area contributed by atoms with E-state index in [1.165, 1.54) is 6.07 Å². The van der Waals surface area contributed by atoms with Gasteiger partial charge in [-0.25, -0.2) is 9.59 Å². The lowest BCUT2D eigenvalue weighted by atomic mass is 9.99. The van der Waals surface area contributed by atoms with Crippen molar-refractivity contribution in [1.29, 1.82) is 0 Å². The van der Waals surface area contributed by atoms with Crippen molar-refractivity contribution in [2.24, 2.45) is 0 Å². The van der Waals surface area contributed by atoms with E-state index >= 15 is 0 Å². The lowest BCUT2D eigenvalue weighted by Crippen LogP contribution is -2.09. The normalized spacial score (nSPS) is 12.1. The quantitative estimate of drug-likeness (QED) is 0.263. The number of ether oxygens (including phenoxy) is 4. The van der Waals surface area contributed by atoms with Crippen molar-refractivity contribution >= 4 is 16.9 Å². The highest BCUT2D eigenvalue weighted by atomic mass is 16.7. The molecule has 3 aromatic carbocycles. The number of benzene rings is 3. The predicted octanol–water partition coefficient (Wildman–Crippen LogP) is 4.72. The standard InChI is InChI=1S/C25H18O7/c1-14-19-9-8-18(31-24(26)16-5-10-20-22(11-16)30-13-29-20)12-21(19)32-25(27)23(14)15-3-6-17(28-2)7-4-15/h3-12H,13H2,1-2H3. The SMILES string of the molecule is COc1ccc(-c2c(C)c3ccc(OC(=O)c4ccc5c(c4)OCO5)cc3oc2=O)cc1. The molecule has 5 rings (SSSR count). The minimum atomic E-state index is -0.559. The van der Waals surface area contributed by atoms with Crippen LogP contribution in [0.15, 0.2) is 69.9 Å². The number of hydrogen-bond acceptors (Lipinski definition) is 7. The van der Waals surface area contributed by atoms with Crippen LogP contribution in [0.5, 0.6) is 23.0 Å². The molecule has 0 bridgehead atoms. The molecule has 0 spiro atoms. The maximum atomic E-state index is 12.7. The number of rotatable bonds is 4. The summed E-state index contributed by atoms with van der Waals surface area (Å²) in [5.74, 6) is 1.48. The van der Waals surface area contributed by atoms with Gasteiger partial charge in [-0.3, -0.25) is 0 Å². The van der Waals surface area contributed by atoms with Crippen LogP contribution in [0.1, 0.15) is 15.9 Å². The molecule has 2 heterocycles. The van der Waals surface area contributed by atoms with Crippen LogP contribution in [0.25, 0.3) is 22.1 Å². The largest absolute Gasteiger partial charge is 0.497 e. The summed E-state index contributed by atoms with van der Waals surface area (Å²) in [5, 5.41) is 0.748. The topological polar surface area (TPSA) is 84.2 Å². The molecule has 32 heavy (non-hydrogen) atoms. The molecule has 4 aromatic rings. The molecule has 0 aliphatic carbocycles. The van der Waals surface area contributed by atoms with Crippen LogP contribution in [-0.2, 0) is 0 Å².